The van der Waals surface area contributed by atoms with Crippen LogP contribution in [0.4, 0.5) is 5.82 Å². The molecule has 0 N–H and O–H groups in total. The molecule has 0 unspecified atom stereocenters. The minimum atomic E-state index is 0.192. The molecule has 7 heteroatoms. The number of nitrogens with zero attached hydrogens (tertiary/aromatic N) is 5. The first-order valence-corrected chi connectivity index (χ1v) is 11.5. The molecule has 2 fully saturated rings. The minimum Gasteiger partial charge on any atom is -0.383 e. The Balaban J connectivity index is 1.68. The number of para-hydroxylation sites is 1. The molecule has 0 spiro atoms. The number of amides is 1. The number of hydrogen-bond donors (Lipinski definition) is 0. The molecule has 31 heavy (non-hydrogen) atoms. The van der Waals surface area contributed by atoms with Crippen molar-refractivity contribution in [3.63, 3.8) is 0 Å². The third-order valence-electron chi connectivity index (χ3n) is 6.43. The van der Waals surface area contributed by atoms with Crippen LogP contribution in [0.1, 0.15) is 31.0 Å². The maximum Gasteiger partial charge on any atom is 0.226 e. The number of ether oxygens (including phenoxy) is 1. The van der Waals surface area contributed by atoms with Gasteiger partial charge in [-0.25, -0.2) is 4.68 Å². The van der Waals surface area contributed by atoms with E-state index in [1.54, 1.807) is 7.11 Å². The summed E-state index contributed by atoms with van der Waals surface area (Å²) in [5, 5.41) is 4.94. The quantitative estimate of drug-likeness (QED) is 0.618. The fraction of sp³-hybridized carbons (Fsp3) is 0.583. The molecule has 4 rings (SSSR count). The summed E-state index contributed by atoms with van der Waals surface area (Å²) in [4.78, 5) is 19.9. The molecule has 2 heterocycles. The Morgan fingerprint density at radius 1 is 1.16 bits per heavy atom. The van der Waals surface area contributed by atoms with Gasteiger partial charge in [-0.1, -0.05) is 25.1 Å². The zero-order valence-corrected chi connectivity index (χ0v) is 19.1. The summed E-state index contributed by atoms with van der Waals surface area (Å²) in [7, 11) is 1.69. The topological polar surface area (TPSA) is 53.8 Å². The lowest BCUT2D eigenvalue weighted by atomic mass is 10.1. The zero-order chi connectivity index (χ0) is 21.8. The number of aromatic nitrogens is 2. The van der Waals surface area contributed by atoms with E-state index in [1.807, 2.05) is 23.1 Å². The Morgan fingerprint density at radius 2 is 1.87 bits per heavy atom. The highest BCUT2D eigenvalue weighted by Gasteiger charge is 2.35. The van der Waals surface area contributed by atoms with Crippen LogP contribution in [0.3, 0.4) is 0 Å². The average molecular weight is 426 g/mol. The van der Waals surface area contributed by atoms with Crippen LogP contribution in [0.15, 0.2) is 30.3 Å². The van der Waals surface area contributed by atoms with Crippen molar-refractivity contribution in [2.75, 3.05) is 57.9 Å². The Bertz CT molecular complexity index is 870. The number of hydrogen-bond acceptors (Lipinski definition) is 5. The predicted molar refractivity (Wildman–Crippen MR) is 123 cm³/mol. The van der Waals surface area contributed by atoms with Crippen molar-refractivity contribution in [1.29, 1.82) is 0 Å². The van der Waals surface area contributed by atoms with Crippen LogP contribution >= 0.6 is 0 Å². The van der Waals surface area contributed by atoms with Crippen LogP contribution in [-0.2, 0) is 16.1 Å². The Kier molecular flexibility index (Phi) is 6.92. The van der Waals surface area contributed by atoms with E-state index in [-0.39, 0.29) is 11.8 Å². The molecule has 1 aromatic heterocycles. The van der Waals surface area contributed by atoms with E-state index >= 15 is 0 Å². The van der Waals surface area contributed by atoms with Crippen LogP contribution < -0.4 is 4.90 Å². The van der Waals surface area contributed by atoms with Crippen molar-refractivity contribution in [2.24, 2.45) is 5.92 Å². The SMILES string of the molecule is CCN1CCN(c2c(CN(CCOC)C(=O)C3CC3)c(C)nn2-c2ccccc2)CC1. The fourth-order valence-electron chi connectivity index (χ4n) is 4.33. The van der Waals surface area contributed by atoms with Crippen LogP contribution in [0.2, 0.25) is 0 Å². The summed E-state index contributed by atoms with van der Waals surface area (Å²) in [5.74, 6) is 1.58. The van der Waals surface area contributed by atoms with Crippen molar-refractivity contribution in [3.8, 4) is 5.69 Å². The van der Waals surface area contributed by atoms with Gasteiger partial charge in [0.25, 0.3) is 0 Å². The molecule has 1 aromatic carbocycles. The molecule has 0 radical (unpaired) electrons. The van der Waals surface area contributed by atoms with E-state index in [2.05, 4.69) is 40.5 Å². The number of carbonyl (C=O) groups excluding carboxylic acids is 1. The molecule has 1 amide bonds. The largest absolute Gasteiger partial charge is 0.383 e. The number of aryl methyl sites for hydroxylation is 1. The molecule has 1 saturated heterocycles. The van der Waals surface area contributed by atoms with E-state index in [0.717, 1.165) is 68.3 Å². The number of likely N-dealkylation sites (N-methyl/N-ethyl adjacent to an activating group) is 1. The molecule has 1 aliphatic carbocycles. The number of benzene rings is 1. The Hall–Kier alpha value is -2.38. The van der Waals surface area contributed by atoms with E-state index < -0.39 is 0 Å². The molecule has 1 aliphatic heterocycles. The minimum absolute atomic E-state index is 0.192. The van der Waals surface area contributed by atoms with Gasteiger partial charge >= 0.3 is 0 Å². The first-order chi connectivity index (χ1) is 15.1. The first-order valence-electron chi connectivity index (χ1n) is 11.5. The first kappa shape index (κ1) is 21.8. The van der Waals surface area contributed by atoms with Gasteiger partial charge in [0.1, 0.15) is 5.82 Å². The second-order valence-electron chi connectivity index (χ2n) is 8.58. The average Bonchev–Trinajstić information content (AvgIpc) is 3.61. The molecule has 0 atom stereocenters. The molecule has 0 bridgehead atoms. The number of rotatable bonds is 9. The van der Waals surface area contributed by atoms with Crippen molar-refractivity contribution in [2.45, 2.75) is 33.2 Å². The molecule has 2 aliphatic rings. The van der Waals surface area contributed by atoms with Crippen molar-refractivity contribution in [3.05, 3.63) is 41.6 Å². The maximum atomic E-state index is 13.0. The standard InChI is InChI=1S/C24H35N5O2/c1-4-26-12-14-27(15-13-26)23-22(18-28(16-17-31-3)24(30)20-10-11-20)19(2)25-29(23)21-8-6-5-7-9-21/h5-9,20H,4,10-18H2,1-3H3. The number of methoxy groups -OCH3 is 1. The van der Waals surface area contributed by atoms with Crippen LogP contribution in [0.25, 0.3) is 5.69 Å². The van der Waals surface area contributed by atoms with E-state index in [9.17, 15) is 4.79 Å². The van der Waals surface area contributed by atoms with Crippen LogP contribution in [0.5, 0.6) is 0 Å². The van der Waals surface area contributed by atoms with Gasteiger partial charge in [0, 0.05) is 51.3 Å². The second kappa shape index (κ2) is 9.83. The summed E-state index contributed by atoms with van der Waals surface area (Å²) in [6.07, 6.45) is 2.02. The smallest absolute Gasteiger partial charge is 0.226 e. The lowest BCUT2D eigenvalue weighted by molar-refractivity contribution is -0.133. The predicted octanol–water partition coefficient (Wildman–Crippen LogP) is 2.71. The third kappa shape index (κ3) is 4.93. The number of carbonyl (C=O) groups is 1. The highest BCUT2D eigenvalue weighted by molar-refractivity contribution is 5.81. The molecular formula is C24H35N5O2. The summed E-state index contributed by atoms with van der Waals surface area (Å²) < 4.78 is 7.38. The summed E-state index contributed by atoms with van der Waals surface area (Å²) in [6.45, 7) is 11.1. The second-order valence-corrected chi connectivity index (χ2v) is 8.58. The van der Waals surface area contributed by atoms with Gasteiger partial charge in [-0.15, -0.1) is 0 Å². The van der Waals surface area contributed by atoms with Gasteiger partial charge < -0.3 is 19.4 Å². The maximum absolute atomic E-state index is 13.0. The lowest BCUT2D eigenvalue weighted by Crippen LogP contribution is -2.47. The van der Waals surface area contributed by atoms with Crippen LogP contribution in [-0.4, -0.2) is 78.5 Å². The van der Waals surface area contributed by atoms with E-state index in [1.165, 1.54) is 0 Å². The van der Waals surface area contributed by atoms with Crippen molar-refractivity contribution in [1.82, 2.24) is 19.6 Å². The van der Waals surface area contributed by atoms with E-state index in [0.29, 0.717) is 19.7 Å². The van der Waals surface area contributed by atoms with Gasteiger partial charge in [0.2, 0.25) is 5.91 Å². The molecule has 7 nitrogen and oxygen atoms in total. The van der Waals surface area contributed by atoms with Gasteiger partial charge in [0.05, 0.1) is 24.5 Å². The fourth-order valence-corrected chi connectivity index (χ4v) is 4.33. The highest BCUT2D eigenvalue weighted by Crippen LogP contribution is 2.34. The molecule has 168 valence electrons. The van der Waals surface area contributed by atoms with E-state index in [4.69, 9.17) is 9.84 Å². The lowest BCUT2D eigenvalue weighted by Gasteiger charge is -2.36. The highest BCUT2D eigenvalue weighted by atomic mass is 16.5. The summed E-state index contributed by atoms with van der Waals surface area (Å²) in [5.41, 5.74) is 3.20. The van der Waals surface area contributed by atoms with Gasteiger partial charge in [-0.3, -0.25) is 4.79 Å². The van der Waals surface area contributed by atoms with Crippen molar-refractivity contribution >= 4 is 11.7 Å². The third-order valence-corrected chi connectivity index (χ3v) is 6.43. The molecule has 2 aromatic rings. The monoisotopic (exact) mass is 425 g/mol. The summed E-state index contributed by atoms with van der Waals surface area (Å²) in [6, 6.07) is 10.3. The zero-order valence-electron chi connectivity index (χ0n) is 19.1. The van der Waals surface area contributed by atoms with Gasteiger partial charge in [-0.05, 0) is 38.4 Å². The molecular weight excluding hydrogens is 390 g/mol. The van der Waals surface area contributed by atoms with Gasteiger partial charge in [0.15, 0.2) is 0 Å². The number of piperazine rings is 1. The molecule has 1 saturated carbocycles. The normalized spacial score (nSPS) is 17.2. The Morgan fingerprint density at radius 3 is 2.48 bits per heavy atom. The van der Waals surface area contributed by atoms with Gasteiger partial charge in [-0.2, -0.15) is 5.10 Å². The number of anilines is 1. The van der Waals surface area contributed by atoms with Crippen LogP contribution in [0, 0.1) is 12.8 Å². The Labute approximate surface area is 185 Å². The van der Waals surface area contributed by atoms with Crippen molar-refractivity contribution < 1.29 is 9.53 Å². The summed E-state index contributed by atoms with van der Waals surface area (Å²) >= 11 is 0.